The molecule has 1 unspecified atom stereocenters. The van der Waals surface area contributed by atoms with Crippen LogP contribution in [0.2, 0.25) is 0 Å². The van der Waals surface area contributed by atoms with Crippen LogP contribution in [0.3, 0.4) is 0 Å². The summed E-state index contributed by atoms with van der Waals surface area (Å²) in [4.78, 5) is 29.1. The first kappa shape index (κ1) is 19.5. The molecule has 0 aliphatic carbocycles. The zero-order chi connectivity index (χ0) is 16.2. The molecule has 0 aromatic heterocycles. The SMILES string of the molecule is CCCC(=O)N1CCCC(C(=O)N2CC[C@@H]3CNC[C@@H]3CC2)C1.Cl. The summed E-state index contributed by atoms with van der Waals surface area (Å²) in [7, 11) is 0. The highest BCUT2D eigenvalue weighted by Crippen LogP contribution is 2.28. The summed E-state index contributed by atoms with van der Waals surface area (Å²) in [5.41, 5.74) is 0. The van der Waals surface area contributed by atoms with Gasteiger partial charge in [-0.15, -0.1) is 12.4 Å². The van der Waals surface area contributed by atoms with Gasteiger partial charge in [0.15, 0.2) is 0 Å². The lowest BCUT2D eigenvalue weighted by atomic mass is 9.92. The summed E-state index contributed by atoms with van der Waals surface area (Å²) in [6, 6.07) is 0. The molecule has 0 aromatic carbocycles. The molecule has 1 N–H and O–H groups in total. The monoisotopic (exact) mass is 357 g/mol. The van der Waals surface area contributed by atoms with Gasteiger partial charge in [-0.25, -0.2) is 0 Å². The molecule has 0 saturated carbocycles. The topological polar surface area (TPSA) is 52.7 Å². The van der Waals surface area contributed by atoms with E-state index in [-0.39, 0.29) is 24.2 Å². The van der Waals surface area contributed by atoms with Crippen LogP contribution in [0.25, 0.3) is 0 Å². The van der Waals surface area contributed by atoms with Crippen molar-refractivity contribution < 1.29 is 9.59 Å². The Kier molecular flexibility index (Phi) is 7.35. The number of hydrogen-bond donors (Lipinski definition) is 1. The van der Waals surface area contributed by atoms with E-state index in [0.717, 1.165) is 76.7 Å². The van der Waals surface area contributed by atoms with Crippen molar-refractivity contribution in [1.29, 1.82) is 0 Å². The maximum Gasteiger partial charge on any atom is 0.227 e. The Morgan fingerprint density at radius 1 is 1.00 bits per heavy atom. The summed E-state index contributed by atoms with van der Waals surface area (Å²) in [6.07, 6.45) is 5.68. The van der Waals surface area contributed by atoms with E-state index in [1.54, 1.807) is 0 Å². The molecule has 3 saturated heterocycles. The van der Waals surface area contributed by atoms with Crippen molar-refractivity contribution in [2.24, 2.45) is 17.8 Å². The third kappa shape index (κ3) is 4.42. The first-order chi connectivity index (χ1) is 11.2. The van der Waals surface area contributed by atoms with E-state index in [1.807, 2.05) is 11.8 Å². The van der Waals surface area contributed by atoms with E-state index in [1.165, 1.54) is 0 Å². The zero-order valence-electron chi connectivity index (χ0n) is 14.8. The van der Waals surface area contributed by atoms with Gasteiger partial charge in [0.25, 0.3) is 0 Å². The molecule has 3 atom stereocenters. The Bertz CT molecular complexity index is 432. The number of hydrogen-bond acceptors (Lipinski definition) is 3. The fourth-order valence-electron chi connectivity index (χ4n) is 4.47. The Hall–Kier alpha value is -0.810. The molecule has 2 amide bonds. The van der Waals surface area contributed by atoms with Crippen molar-refractivity contribution in [1.82, 2.24) is 15.1 Å². The van der Waals surface area contributed by atoms with Gasteiger partial charge in [0, 0.05) is 32.6 Å². The van der Waals surface area contributed by atoms with Crippen LogP contribution in [-0.4, -0.2) is 60.9 Å². The number of amides is 2. The minimum absolute atomic E-state index is 0. The van der Waals surface area contributed by atoms with Crippen LogP contribution in [0.15, 0.2) is 0 Å². The summed E-state index contributed by atoms with van der Waals surface area (Å²) in [6.45, 7) is 7.56. The van der Waals surface area contributed by atoms with Crippen molar-refractivity contribution >= 4 is 24.2 Å². The van der Waals surface area contributed by atoms with Gasteiger partial charge in [-0.2, -0.15) is 0 Å². The molecule has 0 aromatic rings. The Morgan fingerprint density at radius 2 is 1.67 bits per heavy atom. The molecule has 3 aliphatic heterocycles. The summed E-state index contributed by atoms with van der Waals surface area (Å²) < 4.78 is 0. The third-order valence-corrected chi connectivity index (χ3v) is 5.92. The van der Waals surface area contributed by atoms with Crippen LogP contribution < -0.4 is 5.32 Å². The molecule has 138 valence electrons. The van der Waals surface area contributed by atoms with E-state index in [4.69, 9.17) is 0 Å². The predicted octanol–water partition coefficient (Wildman–Crippen LogP) is 1.90. The molecule has 0 radical (unpaired) electrons. The molecule has 3 heterocycles. The third-order valence-electron chi connectivity index (χ3n) is 5.92. The van der Waals surface area contributed by atoms with Gasteiger partial charge >= 0.3 is 0 Å². The highest BCUT2D eigenvalue weighted by atomic mass is 35.5. The highest BCUT2D eigenvalue weighted by molar-refractivity contribution is 5.85. The molecule has 24 heavy (non-hydrogen) atoms. The fourth-order valence-corrected chi connectivity index (χ4v) is 4.47. The molecule has 3 aliphatic rings. The average Bonchev–Trinajstić information content (AvgIpc) is 2.93. The van der Waals surface area contributed by atoms with E-state index < -0.39 is 0 Å². The fraction of sp³-hybridized carbons (Fsp3) is 0.889. The van der Waals surface area contributed by atoms with Gasteiger partial charge in [0.2, 0.25) is 11.8 Å². The predicted molar refractivity (Wildman–Crippen MR) is 97.1 cm³/mol. The van der Waals surface area contributed by atoms with Gasteiger partial charge in [-0.1, -0.05) is 6.92 Å². The molecule has 3 fully saturated rings. The van der Waals surface area contributed by atoms with Gasteiger partial charge in [0.05, 0.1) is 5.92 Å². The maximum atomic E-state index is 12.9. The largest absolute Gasteiger partial charge is 0.342 e. The lowest BCUT2D eigenvalue weighted by Gasteiger charge is -2.35. The van der Waals surface area contributed by atoms with E-state index >= 15 is 0 Å². The number of nitrogens with one attached hydrogen (secondary N) is 1. The van der Waals surface area contributed by atoms with E-state index in [9.17, 15) is 9.59 Å². The van der Waals surface area contributed by atoms with Crippen molar-refractivity contribution in [3.8, 4) is 0 Å². The molecule has 0 bridgehead atoms. The maximum absolute atomic E-state index is 12.9. The van der Waals surface area contributed by atoms with Crippen LogP contribution in [0.4, 0.5) is 0 Å². The standard InChI is InChI=1S/C18H31N3O2.ClH/c1-2-4-17(22)21-8-3-5-16(13-21)18(23)20-9-6-14-11-19-12-15(14)7-10-20;/h14-16,19H,2-13H2,1H3;1H/t14-,15+,16?;. The number of carbonyl (C=O) groups excluding carboxylic acids is 2. The van der Waals surface area contributed by atoms with E-state index in [2.05, 4.69) is 10.2 Å². The van der Waals surface area contributed by atoms with Crippen LogP contribution in [0.5, 0.6) is 0 Å². The zero-order valence-corrected chi connectivity index (χ0v) is 15.7. The molecule has 3 rings (SSSR count). The van der Waals surface area contributed by atoms with Crippen LogP contribution in [0, 0.1) is 17.8 Å². The molecule has 6 heteroatoms. The molecule has 5 nitrogen and oxygen atoms in total. The minimum atomic E-state index is 0. The quantitative estimate of drug-likeness (QED) is 0.839. The minimum Gasteiger partial charge on any atom is -0.342 e. The Labute approximate surface area is 151 Å². The first-order valence-corrected chi connectivity index (χ1v) is 9.46. The number of fused-ring (bicyclic) bond motifs is 1. The van der Waals surface area contributed by atoms with Crippen molar-refractivity contribution in [3.05, 3.63) is 0 Å². The lowest BCUT2D eigenvalue weighted by Crippen LogP contribution is -2.47. The van der Waals surface area contributed by atoms with Crippen molar-refractivity contribution in [2.75, 3.05) is 39.3 Å². The van der Waals surface area contributed by atoms with Crippen LogP contribution in [0.1, 0.15) is 45.4 Å². The summed E-state index contributed by atoms with van der Waals surface area (Å²) in [5.74, 6) is 2.05. The molecular formula is C18H32ClN3O2. The van der Waals surface area contributed by atoms with Gasteiger partial charge < -0.3 is 15.1 Å². The van der Waals surface area contributed by atoms with Crippen molar-refractivity contribution in [2.45, 2.75) is 45.4 Å². The summed E-state index contributed by atoms with van der Waals surface area (Å²) in [5, 5.41) is 3.48. The van der Waals surface area contributed by atoms with Gasteiger partial charge in [-0.3, -0.25) is 9.59 Å². The smallest absolute Gasteiger partial charge is 0.227 e. The molecular weight excluding hydrogens is 326 g/mol. The average molecular weight is 358 g/mol. The number of likely N-dealkylation sites (tertiary alicyclic amines) is 2. The Balaban J connectivity index is 0.00000208. The second-order valence-electron chi connectivity index (χ2n) is 7.51. The Morgan fingerprint density at radius 3 is 2.29 bits per heavy atom. The highest BCUT2D eigenvalue weighted by Gasteiger charge is 2.35. The number of piperidine rings is 1. The van der Waals surface area contributed by atoms with Crippen LogP contribution >= 0.6 is 12.4 Å². The van der Waals surface area contributed by atoms with Crippen LogP contribution in [-0.2, 0) is 9.59 Å². The first-order valence-electron chi connectivity index (χ1n) is 9.46. The molecule has 0 spiro atoms. The lowest BCUT2D eigenvalue weighted by molar-refractivity contribution is -0.140. The second kappa shape index (κ2) is 9.04. The number of carbonyl (C=O) groups is 2. The number of rotatable bonds is 3. The second-order valence-corrected chi connectivity index (χ2v) is 7.51. The van der Waals surface area contributed by atoms with Gasteiger partial charge in [0.1, 0.15) is 0 Å². The van der Waals surface area contributed by atoms with E-state index in [0.29, 0.717) is 18.9 Å². The number of halogens is 1. The normalized spacial score (nSPS) is 30.3. The number of nitrogens with zero attached hydrogens (tertiary/aromatic N) is 2. The van der Waals surface area contributed by atoms with Gasteiger partial charge in [-0.05, 0) is 57.0 Å². The summed E-state index contributed by atoms with van der Waals surface area (Å²) >= 11 is 0. The van der Waals surface area contributed by atoms with Crippen molar-refractivity contribution in [3.63, 3.8) is 0 Å².